The Morgan fingerprint density at radius 2 is 1.20 bits per heavy atom. The van der Waals surface area contributed by atoms with Gasteiger partial charge >= 0.3 is 62.3 Å². The van der Waals surface area contributed by atoms with Gasteiger partial charge in [-0.1, -0.05) is 0 Å². The number of rotatable bonds is 0. The largest absolute Gasteiger partial charge is 2.00 e. The summed E-state index contributed by atoms with van der Waals surface area (Å²) in [5, 5.41) is 0. The summed E-state index contributed by atoms with van der Waals surface area (Å²) in [6.07, 6.45) is 0. The standard InChI is InChI=1S/Co.Fe.La.O.Sr.2H/q+2;;;-2;+2;2*-1. The average molecular weight is 359 g/mol. The third-order valence-corrected chi connectivity index (χ3v) is 0. The molecule has 0 saturated heterocycles. The van der Waals surface area contributed by atoms with Gasteiger partial charge in [-0.05, 0) is 0 Å². The van der Waals surface area contributed by atoms with Crippen molar-refractivity contribution in [3.63, 3.8) is 0 Å². The van der Waals surface area contributed by atoms with Gasteiger partial charge in [0.2, 0.25) is 0 Å². The Hall–Kier alpha value is 3.66. The summed E-state index contributed by atoms with van der Waals surface area (Å²) in [5.74, 6) is 0. The van der Waals surface area contributed by atoms with E-state index in [1.165, 1.54) is 0 Å². The summed E-state index contributed by atoms with van der Waals surface area (Å²) in [7, 11) is 0. The van der Waals surface area contributed by atoms with E-state index in [2.05, 4.69) is 0 Å². The van der Waals surface area contributed by atoms with Crippen LogP contribution in [0.2, 0.25) is 0 Å². The van der Waals surface area contributed by atoms with E-state index >= 15 is 0 Å². The maximum absolute atomic E-state index is 0. The van der Waals surface area contributed by atoms with Crippen molar-refractivity contribution in [2.24, 2.45) is 0 Å². The van der Waals surface area contributed by atoms with Crippen LogP contribution in [-0.4, -0.2) is 45.5 Å². The van der Waals surface area contributed by atoms with Crippen molar-refractivity contribution < 1.29 is 77.8 Å². The normalized spacial score (nSPS) is 0. The van der Waals surface area contributed by atoms with Crippen molar-refractivity contribution >= 4 is 45.5 Å². The van der Waals surface area contributed by atoms with Gasteiger partial charge < -0.3 is 8.33 Å². The third-order valence-electron chi connectivity index (χ3n) is 0. The summed E-state index contributed by atoms with van der Waals surface area (Å²) in [5.41, 5.74) is 0. The average Bonchev–Trinajstić information content (AvgIpc) is 0. The van der Waals surface area contributed by atoms with Gasteiger partial charge in [0.15, 0.2) is 0 Å². The third kappa shape index (κ3) is 18.3. The summed E-state index contributed by atoms with van der Waals surface area (Å²) in [6, 6.07) is 0. The first-order chi connectivity index (χ1) is 0. The van der Waals surface area contributed by atoms with Crippen LogP contribution in [0.1, 0.15) is 2.85 Å². The van der Waals surface area contributed by atoms with E-state index in [4.69, 9.17) is 0 Å². The maximum Gasteiger partial charge on any atom is 2.00 e. The predicted molar refractivity (Wildman–Crippen MR) is 8.66 cm³/mol. The molecule has 0 rings (SSSR count). The zero-order valence-electron chi connectivity index (χ0n) is 4.38. The topological polar surface area (TPSA) is 28.5 Å². The molecule has 0 aliphatic heterocycles. The van der Waals surface area contributed by atoms with Gasteiger partial charge in [0.25, 0.3) is 0 Å². The van der Waals surface area contributed by atoms with Gasteiger partial charge in [-0.2, -0.15) is 0 Å². The number of hydrogen-bond donors (Lipinski definition) is 0. The molecule has 30 valence electrons. The fraction of sp³-hybridized carbons (Fsp3) is 0. The van der Waals surface area contributed by atoms with Gasteiger partial charge in [0.05, 0.1) is 0 Å². The molecular weight excluding hydrogens is 357 g/mol. The minimum Gasteiger partial charge on any atom is -2.00 e. The molecule has 0 aromatic carbocycles. The molecule has 0 atom stereocenters. The van der Waals surface area contributed by atoms with Crippen LogP contribution in [-0.2, 0) is 39.3 Å². The summed E-state index contributed by atoms with van der Waals surface area (Å²) in [4.78, 5) is 0. The molecule has 0 saturated carbocycles. The minimum absolute atomic E-state index is 0. The quantitative estimate of drug-likeness (QED) is 0.533. The van der Waals surface area contributed by atoms with E-state index in [1.807, 2.05) is 0 Å². The second kappa shape index (κ2) is 25.4. The first kappa shape index (κ1) is 37.9. The molecule has 0 aliphatic carbocycles. The van der Waals surface area contributed by atoms with Crippen LogP contribution in [0.15, 0.2) is 0 Å². The van der Waals surface area contributed by atoms with Crippen LogP contribution in [0.4, 0.5) is 0 Å². The van der Waals surface area contributed by atoms with Gasteiger partial charge in [-0.25, -0.2) is 0 Å². The zero-order chi connectivity index (χ0) is 0. The van der Waals surface area contributed by atoms with E-state index in [-0.39, 0.29) is 123 Å². The van der Waals surface area contributed by atoms with Gasteiger partial charge in [-0.3, -0.25) is 0 Å². The monoisotopic (exact) mass is 360 g/mol. The van der Waals surface area contributed by atoms with Crippen molar-refractivity contribution in [3.05, 3.63) is 0 Å². The molecule has 0 N–H and O–H groups in total. The summed E-state index contributed by atoms with van der Waals surface area (Å²) in [6.45, 7) is 0. The van der Waals surface area contributed by atoms with E-state index < -0.39 is 0 Å². The van der Waals surface area contributed by atoms with E-state index in [0.717, 1.165) is 0 Å². The molecule has 5 heteroatoms. The van der Waals surface area contributed by atoms with Crippen LogP contribution in [0.3, 0.4) is 0 Å². The number of hydrogen-bond acceptors (Lipinski definition) is 0. The van der Waals surface area contributed by atoms with Crippen LogP contribution < -0.4 is 0 Å². The molecule has 0 spiro atoms. The molecule has 0 aromatic rings. The Kier molecular flexibility index (Phi) is 192. The molecule has 0 amide bonds. The molecule has 0 heterocycles. The second-order valence-corrected chi connectivity index (χ2v) is 0. The van der Waals surface area contributed by atoms with Gasteiger partial charge in [-0.15, -0.1) is 0 Å². The Bertz CT molecular complexity index is 17.7. The van der Waals surface area contributed by atoms with E-state index in [0.29, 0.717) is 0 Å². The van der Waals surface area contributed by atoms with Crippen molar-refractivity contribution in [2.75, 3.05) is 0 Å². The molecular formula is H2CoFeLaOSr. The second-order valence-electron chi connectivity index (χ2n) is 0. The van der Waals surface area contributed by atoms with Crippen LogP contribution in [0.5, 0.6) is 0 Å². The van der Waals surface area contributed by atoms with Crippen molar-refractivity contribution in [2.45, 2.75) is 0 Å². The van der Waals surface area contributed by atoms with Crippen molar-refractivity contribution in [1.29, 1.82) is 0 Å². The molecule has 0 unspecified atom stereocenters. The fourth-order valence-corrected chi connectivity index (χ4v) is 0. The summed E-state index contributed by atoms with van der Waals surface area (Å²) < 4.78 is 0. The smallest absolute Gasteiger partial charge is 2.00 e. The van der Waals surface area contributed by atoms with Crippen LogP contribution >= 0.6 is 0 Å². The molecule has 1 nitrogen and oxygen atoms in total. The first-order valence-corrected chi connectivity index (χ1v) is 0. The van der Waals surface area contributed by atoms with E-state index in [9.17, 15) is 0 Å². The molecule has 0 fully saturated rings. The van der Waals surface area contributed by atoms with Crippen LogP contribution in [0, 0.1) is 35.6 Å². The van der Waals surface area contributed by atoms with Gasteiger partial charge in [0.1, 0.15) is 0 Å². The van der Waals surface area contributed by atoms with Crippen molar-refractivity contribution in [3.8, 4) is 0 Å². The molecule has 0 bridgehead atoms. The Labute approximate surface area is 120 Å². The van der Waals surface area contributed by atoms with Gasteiger partial charge in [0, 0.05) is 52.7 Å². The Morgan fingerprint density at radius 3 is 1.20 bits per heavy atom. The molecule has 2 radical (unpaired) electrons. The SMILES string of the molecule is [Co+2].[Fe].[H-].[H-].[La].[O-2].[Sr+2]. The van der Waals surface area contributed by atoms with Crippen LogP contribution in [0.25, 0.3) is 0 Å². The minimum atomic E-state index is 0. The summed E-state index contributed by atoms with van der Waals surface area (Å²) >= 11 is 0. The zero-order valence-corrected chi connectivity index (χ0v) is 11.6. The Balaban J connectivity index is 0. The predicted octanol–water partition coefficient (Wildman–Crippen LogP) is -0.280. The molecule has 0 aliphatic rings. The maximum atomic E-state index is 0. The Morgan fingerprint density at radius 1 is 1.20 bits per heavy atom. The van der Waals surface area contributed by atoms with Crippen molar-refractivity contribution in [1.82, 2.24) is 0 Å². The molecule has 5 heavy (non-hydrogen) atoms. The molecule has 0 aromatic heterocycles. The van der Waals surface area contributed by atoms with E-state index in [1.54, 1.807) is 0 Å². The first-order valence-electron chi connectivity index (χ1n) is 0. The fourth-order valence-electron chi connectivity index (χ4n) is 0.